The number of halogens is 1. The molecule has 0 aliphatic heterocycles. The van der Waals surface area contributed by atoms with Crippen LogP contribution in [0, 0.1) is 11.3 Å². The van der Waals surface area contributed by atoms with Gasteiger partial charge in [-0.25, -0.2) is 4.98 Å². The van der Waals surface area contributed by atoms with Gasteiger partial charge >= 0.3 is 0 Å². The summed E-state index contributed by atoms with van der Waals surface area (Å²) >= 11 is 7.27. The van der Waals surface area contributed by atoms with E-state index in [9.17, 15) is 10.1 Å². The second kappa shape index (κ2) is 8.09. The van der Waals surface area contributed by atoms with Gasteiger partial charge in [0.1, 0.15) is 17.4 Å². The molecule has 26 heavy (non-hydrogen) atoms. The number of nitriles is 1. The number of nitrogens with zero attached hydrogens (tertiary/aromatic N) is 2. The zero-order valence-electron chi connectivity index (χ0n) is 13.8. The number of rotatable bonds is 5. The molecular weight excluding hydrogens is 370 g/mol. The molecule has 1 aromatic heterocycles. The summed E-state index contributed by atoms with van der Waals surface area (Å²) in [6.45, 7) is 0. The highest BCUT2D eigenvalue weighted by atomic mass is 35.5. The number of benzene rings is 2. The molecule has 0 aliphatic carbocycles. The molecule has 0 unspecified atom stereocenters. The van der Waals surface area contributed by atoms with Gasteiger partial charge in [0.15, 0.2) is 5.16 Å². The zero-order chi connectivity index (χ0) is 18.5. The predicted molar refractivity (Wildman–Crippen MR) is 103 cm³/mol. The van der Waals surface area contributed by atoms with E-state index in [-0.39, 0.29) is 5.56 Å². The Labute approximate surface area is 159 Å². The molecule has 0 bridgehead atoms. The molecule has 7 heteroatoms. The summed E-state index contributed by atoms with van der Waals surface area (Å²) in [5.41, 5.74) is 1.63. The summed E-state index contributed by atoms with van der Waals surface area (Å²) in [7, 11) is 1.58. The molecule has 2 aromatic carbocycles. The zero-order valence-corrected chi connectivity index (χ0v) is 15.4. The van der Waals surface area contributed by atoms with E-state index in [0.29, 0.717) is 32.9 Å². The van der Waals surface area contributed by atoms with Crippen LogP contribution < -0.4 is 10.3 Å². The summed E-state index contributed by atoms with van der Waals surface area (Å²) in [5, 5.41) is 10.5. The maximum Gasteiger partial charge on any atom is 0.270 e. The highest BCUT2D eigenvalue weighted by Crippen LogP contribution is 2.25. The number of aromatic amines is 1. The normalized spacial score (nSPS) is 10.3. The molecule has 0 aliphatic rings. The molecule has 130 valence electrons. The topological polar surface area (TPSA) is 78.8 Å². The quantitative estimate of drug-likeness (QED) is 0.526. The number of thioether (sulfide) groups is 1. The summed E-state index contributed by atoms with van der Waals surface area (Å²) in [5.74, 6) is 1.31. The van der Waals surface area contributed by atoms with Crippen LogP contribution in [-0.2, 0) is 5.75 Å². The van der Waals surface area contributed by atoms with Crippen LogP contribution in [-0.4, -0.2) is 17.1 Å². The lowest BCUT2D eigenvalue weighted by molar-refractivity contribution is 0.415. The van der Waals surface area contributed by atoms with Crippen LogP contribution in [0.3, 0.4) is 0 Å². The largest absolute Gasteiger partial charge is 0.497 e. The first-order valence-electron chi connectivity index (χ1n) is 7.67. The van der Waals surface area contributed by atoms with Crippen molar-refractivity contribution in [1.29, 1.82) is 5.26 Å². The molecule has 1 heterocycles. The van der Waals surface area contributed by atoms with Gasteiger partial charge in [0.2, 0.25) is 0 Å². The molecular formula is C19H14ClN3O2S. The lowest BCUT2D eigenvalue weighted by Crippen LogP contribution is -2.14. The Morgan fingerprint density at radius 2 is 1.88 bits per heavy atom. The Kier molecular flexibility index (Phi) is 5.61. The molecule has 0 atom stereocenters. The van der Waals surface area contributed by atoms with Crippen LogP contribution in [0.15, 0.2) is 58.5 Å². The van der Waals surface area contributed by atoms with Crippen molar-refractivity contribution in [2.75, 3.05) is 7.11 Å². The van der Waals surface area contributed by atoms with E-state index in [2.05, 4.69) is 9.97 Å². The van der Waals surface area contributed by atoms with Crippen LogP contribution in [0.1, 0.15) is 11.1 Å². The number of methoxy groups -OCH3 is 1. The van der Waals surface area contributed by atoms with E-state index in [1.807, 2.05) is 30.3 Å². The van der Waals surface area contributed by atoms with Crippen LogP contribution in [0.25, 0.3) is 11.3 Å². The fraction of sp³-hybridized carbons (Fsp3) is 0.105. The Bertz CT molecular complexity index is 1010. The molecule has 0 amide bonds. The van der Waals surface area contributed by atoms with E-state index in [1.165, 1.54) is 11.8 Å². The number of hydrogen-bond donors (Lipinski definition) is 1. The molecule has 5 nitrogen and oxygen atoms in total. The highest BCUT2D eigenvalue weighted by Gasteiger charge is 2.14. The van der Waals surface area contributed by atoms with Gasteiger partial charge in [0, 0.05) is 16.3 Å². The SMILES string of the molecule is COc1ccc(-c2nc(SCc3ccc(Cl)cc3)[nH]c(=O)c2C#N)cc1. The highest BCUT2D eigenvalue weighted by molar-refractivity contribution is 7.98. The summed E-state index contributed by atoms with van der Waals surface area (Å²) < 4.78 is 5.14. The minimum absolute atomic E-state index is 0.00832. The Morgan fingerprint density at radius 3 is 2.50 bits per heavy atom. The average molecular weight is 384 g/mol. The van der Waals surface area contributed by atoms with E-state index in [4.69, 9.17) is 16.3 Å². The Morgan fingerprint density at radius 1 is 1.19 bits per heavy atom. The minimum atomic E-state index is -0.452. The Balaban J connectivity index is 1.92. The van der Waals surface area contributed by atoms with Crippen molar-refractivity contribution < 1.29 is 4.74 Å². The van der Waals surface area contributed by atoms with E-state index in [1.54, 1.807) is 31.4 Å². The first kappa shape index (κ1) is 18.1. The standard InChI is InChI=1S/C19H14ClN3O2S/c1-25-15-8-4-13(5-9-15)17-16(10-21)18(24)23-19(22-17)26-11-12-2-6-14(20)7-3-12/h2-9H,11H2,1H3,(H,22,23,24). The van der Waals surface area contributed by atoms with Gasteiger partial charge in [0.25, 0.3) is 5.56 Å². The van der Waals surface area contributed by atoms with E-state index in [0.717, 1.165) is 5.56 Å². The first-order chi connectivity index (χ1) is 12.6. The molecule has 0 radical (unpaired) electrons. The maximum atomic E-state index is 12.3. The Hall–Kier alpha value is -2.75. The lowest BCUT2D eigenvalue weighted by atomic mass is 10.1. The van der Waals surface area contributed by atoms with Gasteiger partial charge in [-0.3, -0.25) is 4.79 Å². The van der Waals surface area contributed by atoms with E-state index < -0.39 is 5.56 Å². The van der Waals surface area contributed by atoms with Crippen LogP contribution in [0.4, 0.5) is 0 Å². The molecule has 0 saturated carbocycles. The van der Waals surface area contributed by atoms with Gasteiger partial charge in [-0.1, -0.05) is 35.5 Å². The van der Waals surface area contributed by atoms with Crippen molar-refractivity contribution in [2.45, 2.75) is 10.9 Å². The van der Waals surface area contributed by atoms with Gasteiger partial charge in [-0.05, 0) is 42.0 Å². The molecule has 3 aromatic rings. The van der Waals surface area contributed by atoms with Crippen molar-refractivity contribution in [3.8, 4) is 23.1 Å². The van der Waals surface area contributed by atoms with Gasteiger partial charge in [0.05, 0.1) is 12.8 Å². The second-order valence-corrected chi connectivity index (χ2v) is 6.75. The second-order valence-electron chi connectivity index (χ2n) is 5.35. The number of hydrogen-bond acceptors (Lipinski definition) is 5. The van der Waals surface area contributed by atoms with Crippen molar-refractivity contribution >= 4 is 23.4 Å². The molecule has 0 saturated heterocycles. The predicted octanol–water partition coefficient (Wildman–Crippen LogP) is 4.26. The maximum absolute atomic E-state index is 12.3. The third kappa shape index (κ3) is 4.07. The fourth-order valence-electron chi connectivity index (χ4n) is 2.31. The summed E-state index contributed by atoms with van der Waals surface area (Å²) in [6.07, 6.45) is 0. The monoisotopic (exact) mass is 383 g/mol. The lowest BCUT2D eigenvalue weighted by Gasteiger charge is -2.07. The van der Waals surface area contributed by atoms with Crippen LogP contribution in [0.2, 0.25) is 5.02 Å². The molecule has 0 fully saturated rings. The van der Waals surface area contributed by atoms with Gasteiger partial charge < -0.3 is 9.72 Å². The van der Waals surface area contributed by atoms with Crippen molar-refractivity contribution in [3.05, 3.63) is 75.0 Å². The summed E-state index contributed by atoms with van der Waals surface area (Å²) in [6, 6.07) is 16.5. The van der Waals surface area contributed by atoms with Crippen molar-refractivity contribution in [3.63, 3.8) is 0 Å². The number of H-pyrrole nitrogens is 1. The number of aromatic nitrogens is 2. The third-order valence-electron chi connectivity index (χ3n) is 3.66. The van der Waals surface area contributed by atoms with Gasteiger partial charge in [-0.2, -0.15) is 5.26 Å². The first-order valence-corrected chi connectivity index (χ1v) is 9.03. The van der Waals surface area contributed by atoms with Crippen molar-refractivity contribution in [2.24, 2.45) is 0 Å². The number of nitrogens with one attached hydrogen (secondary N) is 1. The van der Waals surface area contributed by atoms with Crippen LogP contribution >= 0.6 is 23.4 Å². The van der Waals surface area contributed by atoms with Crippen molar-refractivity contribution in [1.82, 2.24) is 9.97 Å². The average Bonchev–Trinajstić information content (AvgIpc) is 2.67. The molecule has 1 N–H and O–H groups in total. The number of ether oxygens (including phenoxy) is 1. The molecule has 3 rings (SSSR count). The van der Waals surface area contributed by atoms with Gasteiger partial charge in [-0.15, -0.1) is 0 Å². The van der Waals surface area contributed by atoms with Crippen LogP contribution in [0.5, 0.6) is 5.75 Å². The minimum Gasteiger partial charge on any atom is -0.497 e. The van der Waals surface area contributed by atoms with E-state index >= 15 is 0 Å². The smallest absolute Gasteiger partial charge is 0.270 e. The fourth-order valence-corrected chi connectivity index (χ4v) is 3.26. The molecule has 0 spiro atoms. The summed E-state index contributed by atoms with van der Waals surface area (Å²) in [4.78, 5) is 19.4. The third-order valence-corrected chi connectivity index (χ3v) is 4.86.